The van der Waals surface area contributed by atoms with Crippen molar-refractivity contribution in [2.75, 3.05) is 6.61 Å². The van der Waals surface area contributed by atoms with Crippen molar-refractivity contribution in [2.24, 2.45) is 5.92 Å². The Balaban J connectivity index is 2.07. The van der Waals surface area contributed by atoms with E-state index in [0.29, 0.717) is 36.7 Å². The maximum atomic E-state index is 12.3. The van der Waals surface area contributed by atoms with E-state index < -0.39 is 6.16 Å². The molecule has 4 nitrogen and oxygen atoms in total. The summed E-state index contributed by atoms with van der Waals surface area (Å²) in [6.07, 6.45) is 4.41. The highest BCUT2D eigenvalue weighted by atomic mass is 16.7. The standard InChI is InChI=1S/C22H30O4/c1-5-7-8-17(6-2)14-25-22(24)26-20-12-11-19(23)21(20)18-10-9-15(3)13-16(18)4/h9-10,13,17H,5-8,11-12,14H2,1-4H3. The molecule has 1 aromatic rings. The molecule has 0 N–H and O–H groups in total. The van der Waals surface area contributed by atoms with Gasteiger partial charge in [0.2, 0.25) is 0 Å². The van der Waals surface area contributed by atoms with Crippen LogP contribution in [0.25, 0.3) is 5.57 Å². The van der Waals surface area contributed by atoms with Crippen LogP contribution in [-0.4, -0.2) is 18.5 Å². The lowest BCUT2D eigenvalue weighted by atomic mass is 9.97. The minimum Gasteiger partial charge on any atom is -0.434 e. The van der Waals surface area contributed by atoms with Crippen molar-refractivity contribution in [2.45, 2.75) is 66.2 Å². The number of aryl methyl sites for hydroxylation is 2. The van der Waals surface area contributed by atoms with E-state index in [1.54, 1.807) is 0 Å². The molecule has 1 atom stereocenters. The Labute approximate surface area is 156 Å². The number of Topliss-reactive ketones (excluding diaryl/α,β-unsaturated/α-hetero) is 1. The van der Waals surface area contributed by atoms with Crippen LogP contribution in [-0.2, 0) is 14.3 Å². The lowest BCUT2D eigenvalue weighted by Crippen LogP contribution is -2.15. The van der Waals surface area contributed by atoms with Gasteiger partial charge < -0.3 is 9.47 Å². The SMILES string of the molecule is CCCCC(CC)COC(=O)OC1=C(c2ccc(C)cc2C)C(=O)CC1. The molecule has 0 aromatic heterocycles. The summed E-state index contributed by atoms with van der Waals surface area (Å²) in [5.41, 5.74) is 3.51. The molecular weight excluding hydrogens is 328 g/mol. The van der Waals surface area contributed by atoms with Gasteiger partial charge in [-0.05, 0) is 37.3 Å². The third kappa shape index (κ3) is 5.20. The molecule has 0 saturated carbocycles. The second kappa shape index (κ2) is 9.56. The molecule has 0 bridgehead atoms. The predicted octanol–water partition coefficient (Wildman–Crippen LogP) is 5.75. The number of ether oxygens (including phenoxy) is 2. The Morgan fingerprint density at radius 3 is 2.62 bits per heavy atom. The Kier molecular flexibility index (Phi) is 7.43. The third-order valence-corrected chi connectivity index (χ3v) is 4.97. The first-order valence-corrected chi connectivity index (χ1v) is 9.64. The molecular formula is C22H30O4. The van der Waals surface area contributed by atoms with Gasteiger partial charge in [-0.1, -0.05) is 56.9 Å². The number of unbranched alkanes of at least 4 members (excludes halogenated alkanes) is 1. The van der Waals surface area contributed by atoms with Gasteiger partial charge in [0, 0.05) is 12.8 Å². The number of hydrogen-bond acceptors (Lipinski definition) is 4. The molecule has 2 rings (SSSR count). The van der Waals surface area contributed by atoms with Gasteiger partial charge in [0.25, 0.3) is 0 Å². The smallest absolute Gasteiger partial charge is 0.434 e. The molecule has 26 heavy (non-hydrogen) atoms. The molecule has 1 aromatic carbocycles. The van der Waals surface area contributed by atoms with Gasteiger partial charge in [-0.3, -0.25) is 4.79 Å². The van der Waals surface area contributed by atoms with Crippen molar-refractivity contribution in [1.29, 1.82) is 0 Å². The van der Waals surface area contributed by atoms with E-state index in [0.717, 1.165) is 42.4 Å². The van der Waals surface area contributed by atoms with Gasteiger partial charge in [0.1, 0.15) is 5.76 Å². The van der Waals surface area contributed by atoms with Gasteiger partial charge in [-0.2, -0.15) is 0 Å². The maximum Gasteiger partial charge on any atom is 0.513 e. The summed E-state index contributed by atoms with van der Waals surface area (Å²) in [4.78, 5) is 24.5. The van der Waals surface area contributed by atoms with Crippen LogP contribution in [0.1, 0.15) is 69.1 Å². The number of rotatable bonds is 8. The number of allylic oxidation sites excluding steroid dienone is 2. The topological polar surface area (TPSA) is 52.6 Å². The predicted molar refractivity (Wildman–Crippen MR) is 103 cm³/mol. The van der Waals surface area contributed by atoms with Gasteiger partial charge in [0.15, 0.2) is 5.78 Å². The van der Waals surface area contributed by atoms with Crippen LogP contribution >= 0.6 is 0 Å². The Morgan fingerprint density at radius 2 is 1.96 bits per heavy atom. The van der Waals surface area contributed by atoms with Crippen molar-refractivity contribution in [3.63, 3.8) is 0 Å². The zero-order valence-corrected chi connectivity index (χ0v) is 16.4. The molecule has 0 heterocycles. The van der Waals surface area contributed by atoms with Gasteiger partial charge in [-0.15, -0.1) is 0 Å². The maximum absolute atomic E-state index is 12.3. The largest absolute Gasteiger partial charge is 0.513 e. The first-order valence-electron chi connectivity index (χ1n) is 9.64. The third-order valence-electron chi connectivity index (χ3n) is 4.97. The number of ketones is 1. The lowest BCUT2D eigenvalue weighted by molar-refractivity contribution is -0.113. The van der Waals surface area contributed by atoms with E-state index in [1.807, 2.05) is 32.0 Å². The summed E-state index contributed by atoms with van der Waals surface area (Å²) in [6.45, 7) is 8.61. The zero-order valence-electron chi connectivity index (χ0n) is 16.4. The fourth-order valence-corrected chi connectivity index (χ4v) is 3.34. The minimum atomic E-state index is -0.702. The number of carbonyl (C=O) groups excluding carboxylic acids is 2. The fraction of sp³-hybridized carbons (Fsp3) is 0.545. The molecule has 0 aliphatic heterocycles. The second-order valence-corrected chi connectivity index (χ2v) is 7.12. The van der Waals surface area contributed by atoms with Crippen LogP contribution in [0.15, 0.2) is 24.0 Å². The zero-order chi connectivity index (χ0) is 19.1. The molecule has 0 saturated heterocycles. The van der Waals surface area contributed by atoms with Crippen molar-refractivity contribution >= 4 is 17.5 Å². The molecule has 1 aliphatic rings. The van der Waals surface area contributed by atoms with Gasteiger partial charge >= 0.3 is 6.16 Å². The van der Waals surface area contributed by atoms with Gasteiger partial charge in [0.05, 0.1) is 12.2 Å². The Bertz CT molecular complexity index is 687. The van der Waals surface area contributed by atoms with Crippen molar-refractivity contribution in [3.8, 4) is 0 Å². The molecule has 0 fully saturated rings. The molecule has 0 radical (unpaired) electrons. The highest BCUT2D eigenvalue weighted by Crippen LogP contribution is 2.34. The lowest BCUT2D eigenvalue weighted by Gasteiger charge is -2.15. The van der Waals surface area contributed by atoms with Crippen molar-refractivity contribution in [1.82, 2.24) is 0 Å². The fourth-order valence-electron chi connectivity index (χ4n) is 3.34. The van der Waals surface area contributed by atoms with E-state index in [1.165, 1.54) is 0 Å². The van der Waals surface area contributed by atoms with E-state index in [4.69, 9.17) is 9.47 Å². The molecule has 0 amide bonds. The monoisotopic (exact) mass is 358 g/mol. The number of hydrogen-bond donors (Lipinski definition) is 0. The summed E-state index contributed by atoms with van der Waals surface area (Å²) in [5.74, 6) is 0.822. The van der Waals surface area contributed by atoms with E-state index >= 15 is 0 Å². The van der Waals surface area contributed by atoms with Gasteiger partial charge in [-0.25, -0.2) is 4.79 Å². The van der Waals surface area contributed by atoms with Crippen LogP contribution in [0, 0.1) is 19.8 Å². The molecule has 1 aliphatic carbocycles. The quantitative estimate of drug-likeness (QED) is 0.555. The van der Waals surface area contributed by atoms with Crippen molar-refractivity contribution < 1.29 is 19.1 Å². The Hall–Kier alpha value is -2.10. The minimum absolute atomic E-state index is 0.0223. The van der Waals surface area contributed by atoms with E-state index in [2.05, 4.69) is 13.8 Å². The summed E-state index contributed by atoms with van der Waals surface area (Å²) in [6, 6.07) is 5.93. The van der Waals surface area contributed by atoms with E-state index in [-0.39, 0.29) is 5.78 Å². The molecule has 142 valence electrons. The summed E-state index contributed by atoms with van der Waals surface area (Å²) < 4.78 is 10.7. The van der Waals surface area contributed by atoms with Crippen LogP contribution in [0.5, 0.6) is 0 Å². The van der Waals surface area contributed by atoms with Crippen LogP contribution < -0.4 is 0 Å². The average Bonchev–Trinajstić information content (AvgIpc) is 2.95. The molecule has 1 unspecified atom stereocenters. The summed E-state index contributed by atoms with van der Waals surface area (Å²) in [7, 11) is 0. The number of benzene rings is 1. The van der Waals surface area contributed by atoms with Crippen LogP contribution in [0.3, 0.4) is 0 Å². The average molecular weight is 358 g/mol. The normalized spacial score (nSPS) is 15.3. The van der Waals surface area contributed by atoms with Crippen molar-refractivity contribution in [3.05, 3.63) is 40.6 Å². The Morgan fingerprint density at radius 1 is 1.19 bits per heavy atom. The summed E-state index contributed by atoms with van der Waals surface area (Å²) >= 11 is 0. The highest BCUT2D eigenvalue weighted by molar-refractivity contribution is 6.23. The van der Waals surface area contributed by atoms with Crippen LogP contribution in [0.4, 0.5) is 4.79 Å². The molecule has 0 spiro atoms. The van der Waals surface area contributed by atoms with Crippen LogP contribution in [0.2, 0.25) is 0 Å². The highest BCUT2D eigenvalue weighted by Gasteiger charge is 2.29. The first-order chi connectivity index (χ1) is 12.5. The van der Waals surface area contributed by atoms with E-state index in [9.17, 15) is 9.59 Å². The second-order valence-electron chi connectivity index (χ2n) is 7.12. The number of carbonyl (C=O) groups is 2. The summed E-state index contributed by atoms with van der Waals surface area (Å²) in [5, 5.41) is 0. The first kappa shape index (κ1) is 20.2. The molecule has 4 heteroatoms.